The Labute approximate surface area is 239 Å². The number of amides is 1. The van der Waals surface area contributed by atoms with Gasteiger partial charge in [-0.25, -0.2) is 5.43 Å². The standard InChI is InChI=1S/C32H33N3O6/c1-6-35-27-14-13-25(39-5)19-26(27)32(4,30(35)16-17-33-34-31(38)24-10-8-7-9-11-24)20-23-12-15-28(40-21(2)36)29(18-23)41-22(3)37/h7-19H,6,20H2,1-5H3,(H,34,38)/b30-16-,33-17+. The number of hydrazone groups is 1. The molecule has 1 heterocycles. The molecule has 1 amide bonds. The third-order valence-corrected chi connectivity index (χ3v) is 6.84. The Balaban J connectivity index is 1.73. The van der Waals surface area contributed by atoms with Crippen LogP contribution in [0.4, 0.5) is 5.69 Å². The second kappa shape index (κ2) is 12.5. The van der Waals surface area contributed by atoms with Gasteiger partial charge in [-0.2, -0.15) is 5.10 Å². The number of benzene rings is 3. The van der Waals surface area contributed by atoms with Crippen LogP contribution in [0.2, 0.25) is 0 Å². The molecule has 1 unspecified atom stereocenters. The van der Waals surface area contributed by atoms with Crippen molar-refractivity contribution in [1.82, 2.24) is 5.43 Å². The number of carbonyl (C=O) groups is 3. The first-order valence-corrected chi connectivity index (χ1v) is 13.2. The summed E-state index contributed by atoms with van der Waals surface area (Å²) < 4.78 is 16.2. The van der Waals surface area contributed by atoms with E-state index in [2.05, 4.69) is 29.3 Å². The van der Waals surface area contributed by atoms with Gasteiger partial charge in [-0.3, -0.25) is 14.4 Å². The van der Waals surface area contributed by atoms with Crippen LogP contribution in [0.1, 0.15) is 49.2 Å². The largest absolute Gasteiger partial charge is 0.497 e. The van der Waals surface area contributed by atoms with E-state index in [4.69, 9.17) is 14.2 Å². The van der Waals surface area contributed by atoms with Crippen LogP contribution in [0, 0.1) is 0 Å². The number of fused-ring (bicyclic) bond motifs is 1. The quantitative estimate of drug-likeness (QED) is 0.168. The maximum atomic E-state index is 12.4. The van der Waals surface area contributed by atoms with E-state index in [-0.39, 0.29) is 17.4 Å². The summed E-state index contributed by atoms with van der Waals surface area (Å²) >= 11 is 0. The van der Waals surface area contributed by atoms with E-state index in [1.165, 1.54) is 13.8 Å². The summed E-state index contributed by atoms with van der Waals surface area (Å²) in [5.74, 6) is -0.285. The number of allylic oxidation sites excluding steroid dienone is 2. The highest BCUT2D eigenvalue weighted by Gasteiger charge is 2.43. The monoisotopic (exact) mass is 555 g/mol. The number of rotatable bonds is 9. The maximum absolute atomic E-state index is 12.4. The Morgan fingerprint density at radius 1 is 0.951 bits per heavy atom. The van der Waals surface area contributed by atoms with Crippen LogP contribution < -0.4 is 24.5 Å². The van der Waals surface area contributed by atoms with E-state index in [0.29, 0.717) is 18.5 Å². The average Bonchev–Trinajstić information content (AvgIpc) is 3.18. The number of hydrogen-bond donors (Lipinski definition) is 1. The van der Waals surface area contributed by atoms with Gasteiger partial charge < -0.3 is 19.1 Å². The number of ether oxygens (including phenoxy) is 3. The number of anilines is 1. The number of hydrogen-bond acceptors (Lipinski definition) is 8. The highest BCUT2D eigenvalue weighted by atomic mass is 16.6. The first kappa shape index (κ1) is 29.1. The molecule has 0 radical (unpaired) electrons. The van der Waals surface area contributed by atoms with Crippen molar-refractivity contribution in [2.75, 3.05) is 18.6 Å². The molecule has 1 aliphatic rings. The second-order valence-corrected chi connectivity index (χ2v) is 9.74. The van der Waals surface area contributed by atoms with E-state index in [1.807, 2.05) is 36.4 Å². The average molecular weight is 556 g/mol. The topological polar surface area (TPSA) is 107 Å². The van der Waals surface area contributed by atoms with Crippen LogP contribution >= 0.6 is 0 Å². The van der Waals surface area contributed by atoms with Crippen molar-refractivity contribution in [2.24, 2.45) is 5.10 Å². The van der Waals surface area contributed by atoms with Crippen molar-refractivity contribution in [3.63, 3.8) is 0 Å². The van der Waals surface area contributed by atoms with E-state index in [0.717, 1.165) is 28.3 Å². The molecule has 9 heteroatoms. The van der Waals surface area contributed by atoms with Gasteiger partial charge >= 0.3 is 11.9 Å². The molecule has 0 saturated heterocycles. The summed E-state index contributed by atoms with van der Waals surface area (Å²) in [6.07, 6.45) is 3.98. The van der Waals surface area contributed by atoms with Gasteiger partial charge in [-0.15, -0.1) is 0 Å². The summed E-state index contributed by atoms with van der Waals surface area (Å²) in [5.41, 5.74) is 6.41. The fourth-order valence-electron chi connectivity index (χ4n) is 5.09. The van der Waals surface area contributed by atoms with Crippen LogP contribution in [0.3, 0.4) is 0 Å². The van der Waals surface area contributed by atoms with Gasteiger partial charge in [0.1, 0.15) is 5.75 Å². The Morgan fingerprint density at radius 3 is 2.32 bits per heavy atom. The van der Waals surface area contributed by atoms with Crippen molar-refractivity contribution < 1.29 is 28.6 Å². The van der Waals surface area contributed by atoms with E-state index in [9.17, 15) is 14.4 Å². The number of nitrogens with one attached hydrogen (secondary N) is 1. The van der Waals surface area contributed by atoms with Crippen molar-refractivity contribution in [1.29, 1.82) is 0 Å². The zero-order valence-corrected chi connectivity index (χ0v) is 23.8. The number of likely N-dealkylation sites (N-methyl/N-ethyl adjacent to an activating group) is 1. The molecule has 0 saturated carbocycles. The molecule has 1 atom stereocenters. The smallest absolute Gasteiger partial charge is 0.308 e. The molecule has 1 aliphatic heterocycles. The molecule has 3 aromatic rings. The molecule has 3 aromatic carbocycles. The Hall–Kier alpha value is -4.92. The molecule has 0 spiro atoms. The fraction of sp³-hybridized carbons (Fsp3) is 0.250. The van der Waals surface area contributed by atoms with Crippen molar-refractivity contribution in [2.45, 2.75) is 39.5 Å². The lowest BCUT2D eigenvalue weighted by atomic mass is 9.76. The number of methoxy groups -OCH3 is 1. The highest BCUT2D eigenvalue weighted by Crippen LogP contribution is 2.51. The molecule has 0 fully saturated rings. The first-order chi connectivity index (χ1) is 19.7. The van der Waals surface area contributed by atoms with E-state index < -0.39 is 17.4 Å². The zero-order chi connectivity index (χ0) is 29.6. The van der Waals surface area contributed by atoms with Crippen LogP contribution in [0.25, 0.3) is 0 Å². The maximum Gasteiger partial charge on any atom is 0.308 e. The Kier molecular flexibility index (Phi) is 8.87. The fourth-order valence-corrected chi connectivity index (χ4v) is 5.09. The third kappa shape index (κ3) is 6.46. The number of nitrogens with zero attached hydrogens (tertiary/aromatic N) is 2. The molecule has 9 nitrogen and oxygen atoms in total. The number of carbonyl (C=O) groups excluding carboxylic acids is 3. The van der Waals surface area contributed by atoms with Gasteiger partial charge in [0, 0.05) is 49.0 Å². The van der Waals surface area contributed by atoms with Crippen LogP contribution in [-0.2, 0) is 21.4 Å². The van der Waals surface area contributed by atoms with E-state index >= 15 is 0 Å². The molecule has 0 aromatic heterocycles. The molecule has 41 heavy (non-hydrogen) atoms. The van der Waals surface area contributed by atoms with Gasteiger partial charge in [0.2, 0.25) is 0 Å². The molecular weight excluding hydrogens is 522 g/mol. The summed E-state index contributed by atoms with van der Waals surface area (Å²) in [5, 5.41) is 4.18. The molecular formula is C32H33N3O6. The lowest BCUT2D eigenvalue weighted by Gasteiger charge is -2.30. The van der Waals surface area contributed by atoms with E-state index in [1.54, 1.807) is 49.7 Å². The van der Waals surface area contributed by atoms with Crippen molar-refractivity contribution >= 4 is 29.7 Å². The van der Waals surface area contributed by atoms with Gasteiger partial charge in [-0.05, 0) is 79.9 Å². The highest BCUT2D eigenvalue weighted by molar-refractivity contribution is 5.94. The molecule has 0 aliphatic carbocycles. The molecule has 0 bridgehead atoms. The minimum absolute atomic E-state index is 0.167. The minimum atomic E-state index is -0.564. The normalized spacial score (nSPS) is 16.9. The zero-order valence-electron chi connectivity index (χ0n) is 23.8. The minimum Gasteiger partial charge on any atom is -0.497 e. The van der Waals surface area contributed by atoms with Crippen molar-refractivity contribution in [3.8, 4) is 17.2 Å². The van der Waals surface area contributed by atoms with Crippen LogP contribution in [0.5, 0.6) is 17.2 Å². The predicted molar refractivity (Wildman–Crippen MR) is 157 cm³/mol. The lowest BCUT2D eigenvalue weighted by Crippen LogP contribution is -2.31. The van der Waals surface area contributed by atoms with Gasteiger partial charge in [0.05, 0.1) is 7.11 Å². The Morgan fingerprint density at radius 2 is 1.66 bits per heavy atom. The summed E-state index contributed by atoms with van der Waals surface area (Å²) in [4.78, 5) is 38.0. The summed E-state index contributed by atoms with van der Waals surface area (Å²) in [6.45, 7) is 7.45. The summed E-state index contributed by atoms with van der Waals surface area (Å²) in [6, 6.07) is 20.0. The number of esters is 2. The molecule has 4 rings (SSSR count). The van der Waals surface area contributed by atoms with Crippen LogP contribution in [0.15, 0.2) is 83.6 Å². The van der Waals surface area contributed by atoms with Gasteiger partial charge in [-0.1, -0.05) is 24.3 Å². The first-order valence-electron chi connectivity index (χ1n) is 13.2. The Bertz CT molecular complexity index is 1520. The second-order valence-electron chi connectivity index (χ2n) is 9.74. The predicted octanol–water partition coefficient (Wildman–Crippen LogP) is 5.19. The molecule has 1 N–H and O–H groups in total. The third-order valence-electron chi connectivity index (χ3n) is 6.84. The van der Waals surface area contributed by atoms with Gasteiger partial charge in [0.15, 0.2) is 11.5 Å². The van der Waals surface area contributed by atoms with Gasteiger partial charge in [0.25, 0.3) is 5.91 Å². The summed E-state index contributed by atoms with van der Waals surface area (Å²) in [7, 11) is 1.63. The molecule has 212 valence electrons. The SMILES string of the molecule is CCN1/C(=C\C=N\NC(=O)c2ccccc2)C(C)(Cc2ccc(OC(C)=O)c(OC(C)=O)c2)c2cc(OC)ccc21. The van der Waals surface area contributed by atoms with Crippen LogP contribution in [-0.4, -0.2) is 37.7 Å². The lowest BCUT2D eigenvalue weighted by molar-refractivity contribution is -0.134. The van der Waals surface area contributed by atoms with Crippen molar-refractivity contribution in [3.05, 3.63) is 95.2 Å².